The third-order valence-corrected chi connectivity index (χ3v) is 1.02. The van der Waals surface area contributed by atoms with Crippen molar-refractivity contribution in [3.63, 3.8) is 0 Å². The van der Waals surface area contributed by atoms with Crippen LogP contribution < -0.4 is 5.32 Å². The maximum Gasteiger partial charge on any atom is 0.224 e. The van der Waals surface area contributed by atoms with E-state index in [-0.39, 0.29) is 5.91 Å². The van der Waals surface area contributed by atoms with Crippen LogP contribution in [-0.2, 0) is 4.79 Å². The molecule has 0 aliphatic rings. The molecule has 11 heavy (non-hydrogen) atoms. The lowest BCUT2D eigenvalue weighted by molar-refractivity contribution is -0.120. The highest BCUT2D eigenvalue weighted by molar-refractivity contribution is 5.77. The van der Waals surface area contributed by atoms with Crippen LogP contribution >= 0.6 is 0 Å². The van der Waals surface area contributed by atoms with Gasteiger partial charge in [-0.2, -0.15) is 0 Å². The van der Waals surface area contributed by atoms with Gasteiger partial charge in [-0.25, -0.2) is 0 Å². The van der Waals surface area contributed by atoms with Gasteiger partial charge in [0.1, 0.15) is 0 Å². The smallest absolute Gasteiger partial charge is 0.224 e. The maximum atomic E-state index is 10.8. The summed E-state index contributed by atoms with van der Waals surface area (Å²) >= 11 is 0. The van der Waals surface area contributed by atoms with E-state index in [4.69, 9.17) is 0 Å². The van der Waals surface area contributed by atoms with E-state index in [9.17, 15) is 4.79 Å². The number of rotatable bonds is 5. The van der Waals surface area contributed by atoms with Crippen LogP contribution in [0.15, 0.2) is 37.5 Å². The molecule has 0 aromatic heterocycles. The highest BCUT2D eigenvalue weighted by Crippen LogP contribution is 1.82. The second kappa shape index (κ2) is 6.81. The summed E-state index contributed by atoms with van der Waals surface area (Å²) in [4.78, 5) is 10.8. The average Bonchev–Trinajstić information content (AvgIpc) is 2.01. The summed E-state index contributed by atoms with van der Waals surface area (Å²) < 4.78 is 0. The van der Waals surface area contributed by atoms with Crippen LogP contribution in [0.1, 0.15) is 6.42 Å². The SMILES string of the molecule is C=CC=CCC(=O)NCC=C. The normalized spacial score (nSPS) is 9.45. The fraction of sp³-hybridized carbons (Fsp3) is 0.222. The van der Waals surface area contributed by atoms with E-state index in [1.54, 1.807) is 24.3 Å². The average molecular weight is 151 g/mol. The van der Waals surface area contributed by atoms with Crippen molar-refractivity contribution in [1.29, 1.82) is 0 Å². The van der Waals surface area contributed by atoms with Gasteiger partial charge in [-0.3, -0.25) is 4.79 Å². The molecule has 1 N–H and O–H groups in total. The molecule has 0 saturated heterocycles. The molecule has 0 saturated carbocycles. The zero-order chi connectivity index (χ0) is 8.53. The van der Waals surface area contributed by atoms with E-state index < -0.39 is 0 Å². The van der Waals surface area contributed by atoms with Crippen molar-refractivity contribution >= 4 is 5.91 Å². The van der Waals surface area contributed by atoms with Crippen LogP contribution in [0.25, 0.3) is 0 Å². The molecule has 0 unspecified atom stereocenters. The van der Waals surface area contributed by atoms with Crippen LogP contribution in [0.4, 0.5) is 0 Å². The Hall–Kier alpha value is -1.31. The van der Waals surface area contributed by atoms with Gasteiger partial charge in [0, 0.05) is 13.0 Å². The van der Waals surface area contributed by atoms with Gasteiger partial charge in [-0.15, -0.1) is 6.58 Å². The highest BCUT2D eigenvalue weighted by atomic mass is 16.1. The minimum atomic E-state index is 0.00278. The van der Waals surface area contributed by atoms with E-state index in [1.807, 2.05) is 0 Å². The first-order valence-corrected chi connectivity index (χ1v) is 3.46. The fourth-order valence-electron chi connectivity index (χ4n) is 0.529. The molecular formula is C9H13NO. The van der Waals surface area contributed by atoms with Gasteiger partial charge in [0.05, 0.1) is 0 Å². The van der Waals surface area contributed by atoms with E-state index in [1.165, 1.54) is 0 Å². The number of carbonyl (C=O) groups is 1. The fourth-order valence-corrected chi connectivity index (χ4v) is 0.529. The van der Waals surface area contributed by atoms with Gasteiger partial charge in [0.15, 0.2) is 0 Å². The number of nitrogens with one attached hydrogen (secondary N) is 1. The molecule has 0 fully saturated rings. The first-order valence-electron chi connectivity index (χ1n) is 3.46. The minimum Gasteiger partial charge on any atom is -0.352 e. The summed E-state index contributed by atoms with van der Waals surface area (Å²) in [5, 5.41) is 2.65. The number of amides is 1. The second-order valence-electron chi connectivity index (χ2n) is 1.96. The molecule has 0 heterocycles. The molecule has 0 aliphatic heterocycles. The number of hydrogen-bond acceptors (Lipinski definition) is 1. The van der Waals surface area contributed by atoms with Crippen LogP contribution in [0.5, 0.6) is 0 Å². The van der Waals surface area contributed by atoms with E-state index in [0.29, 0.717) is 13.0 Å². The number of allylic oxidation sites excluding steroid dienone is 2. The molecule has 1 amide bonds. The van der Waals surface area contributed by atoms with Crippen molar-refractivity contribution in [2.45, 2.75) is 6.42 Å². The Balaban J connectivity index is 3.44. The zero-order valence-electron chi connectivity index (χ0n) is 6.55. The van der Waals surface area contributed by atoms with Crippen LogP contribution in [0.2, 0.25) is 0 Å². The van der Waals surface area contributed by atoms with Crippen molar-refractivity contribution < 1.29 is 4.79 Å². The molecule has 2 heteroatoms. The van der Waals surface area contributed by atoms with Gasteiger partial charge in [-0.05, 0) is 0 Å². The Morgan fingerprint density at radius 2 is 2.18 bits per heavy atom. The first-order chi connectivity index (χ1) is 5.31. The Morgan fingerprint density at radius 1 is 1.45 bits per heavy atom. The van der Waals surface area contributed by atoms with Crippen molar-refractivity contribution in [1.82, 2.24) is 5.32 Å². The van der Waals surface area contributed by atoms with E-state index >= 15 is 0 Å². The molecule has 0 aromatic rings. The number of hydrogen-bond donors (Lipinski definition) is 1. The van der Waals surface area contributed by atoms with Crippen molar-refractivity contribution in [2.24, 2.45) is 0 Å². The quantitative estimate of drug-likeness (QED) is 0.467. The van der Waals surface area contributed by atoms with Gasteiger partial charge in [0.2, 0.25) is 5.91 Å². The molecular weight excluding hydrogens is 138 g/mol. The molecule has 0 radical (unpaired) electrons. The van der Waals surface area contributed by atoms with Gasteiger partial charge in [-0.1, -0.05) is 30.9 Å². The summed E-state index contributed by atoms with van der Waals surface area (Å²) in [6.07, 6.45) is 7.19. The Bertz CT molecular complexity index is 170. The molecule has 0 spiro atoms. The summed E-state index contributed by atoms with van der Waals surface area (Å²) in [5.41, 5.74) is 0. The van der Waals surface area contributed by atoms with Gasteiger partial charge >= 0.3 is 0 Å². The standard InChI is InChI=1S/C9H13NO/c1-3-5-6-7-9(11)10-8-4-2/h3-6H,1-2,7-8H2,(H,10,11). The van der Waals surface area contributed by atoms with E-state index in [0.717, 1.165) is 0 Å². The third-order valence-electron chi connectivity index (χ3n) is 1.02. The van der Waals surface area contributed by atoms with Crippen LogP contribution in [0, 0.1) is 0 Å². The molecule has 0 bridgehead atoms. The lowest BCUT2D eigenvalue weighted by atomic mass is 10.3. The summed E-state index contributed by atoms with van der Waals surface area (Å²) in [7, 11) is 0. The Labute approximate surface area is 67.3 Å². The molecule has 2 nitrogen and oxygen atoms in total. The largest absolute Gasteiger partial charge is 0.352 e. The lowest BCUT2D eigenvalue weighted by Gasteiger charge is -1.96. The summed E-state index contributed by atoms with van der Waals surface area (Å²) in [6, 6.07) is 0. The third kappa shape index (κ3) is 6.58. The topological polar surface area (TPSA) is 29.1 Å². The van der Waals surface area contributed by atoms with Crippen molar-refractivity contribution in [3.05, 3.63) is 37.5 Å². The van der Waals surface area contributed by atoms with Crippen molar-refractivity contribution in [2.75, 3.05) is 6.54 Å². The van der Waals surface area contributed by atoms with Gasteiger partial charge in [0.25, 0.3) is 0 Å². The number of carbonyl (C=O) groups excluding carboxylic acids is 1. The Morgan fingerprint density at radius 3 is 2.73 bits per heavy atom. The first kappa shape index (κ1) is 9.69. The molecule has 0 rings (SSSR count). The zero-order valence-corrected chi connectivity index (χ0v) is 6.55. The summed E-state index contributed by atoms with van der Waals surface area (Å²) in [5.74, 6) is 0.00278. The lowest BCUT2D eigenvalue weighted by Crippen LogP contribution is -2.21. The molecule has 0 aliphatic carbocycles. The maximum absolute atomic E-state index is 10.8. The molecule has 0 atom stereocenters. The predicted molar refractivity (Wildman–Crippen MR) is 47.2 cm³/mol. The van der Waals surface area contributed by atoms with E-state index in [2.05, 4.69) is 18.5 Å². The van der Waals surface area contributed by atoms with Crippen LogP contribution in [-0.4, -0.2) is 12.5 Å². The predicted octanol–water partition coefficient (Wildman–Crippen LogP) is 1.42. The molecule has 60 valence electrons. The monoisotopic (exact) mass is 151 g/mol. The second-order valence-corrected chi connectivity index (χ2v) is 1.96. The van der Waals surface area contributed by atoms with Crippen LogP contribution in [0.3, 0.4) is 0 Å². The molecule has 0 aromatic carbocycles. The van der Waals surface area contributed by atoms with Crippen molar-refractivity contribution in [3.8, 4) is 0 Å². The Kier molecular flexibility index (Phi) is 5.99. The summed E-state index contributed by atoms with van der Waals surface area (Å²) in [6.45, 7) is 7.49. The van der Waals surface area contributed by atoms with Gasteiger partial charge < -0.3 is 5.32 Å². The highest BCUT2D eigenvalue weighted by Gasteiger charge is 1.92. The minimum absolute atomic E-state index is 0.00278.